The molecule has 0 aromatic heterocycles. The Morgan fingerprint density at radius 2 is 2.22 bits per heavy atom. The Balaban J connectivity index is 2.34. The van der Waals surface area contributed by atoms with E-state index in [-0.39, 0.29) is 12.1 Å². The first-order valence-corrected chi connectivity index (χ1v) is 6.81. The minimum atomic E-state index is 0.0877. The fraction of sp³-hybridized carbons (Fsp3) is 0.538. The number of hydrogen-bond acceptors (Lipinski definition) is 3. The van der Waals surface area contributed by atoms with E-state index in [1.165, 1.54) is 0 Å². The summed E-state index contributed by atoms with van der Waals surface area (Å²) in [5, 5.41) is 4.39. The summed E-state index contributed by atoms with van der Waals surface area (Å²) in [6, 6.07) is 5.90. The van der Waals surface area contributed by atoms with Crippen LogP contribution in [-0.4, -0.2) is 44.8 Å². The molecule has 0 aliphatic carbocycles. The van der Waals surface area contributed by atoms with Crippen LogP contribution in [0.3, 0.4) is 0 Å². The summed E-state index contributed by atoms with van der Waals surface area (Å²) in [5.41, 5.74) is 1.03. The Bertz CT molecular complexity index is 412. The van der Waals surface area contributed by atoms with E-state index < -0.39 is 0 Å². The first kappa shape index (κ1) is 14.1. The number of nitrogens with zero attached hydrogens (tertiary/aromatic N) is 1. The summed E-state index contributed by atoms with van der Waals surface area (Å²) < 4.78 is 5.84. The second kappa shape index (κ2) is 6.22. The summed E-state index contributed by atoms with van der Waals surface area (Å²) in [7, 11) is 4.02. The third-order valence-electron chi connectivity index (χ3n) is 3.31. The molecule has 1 aliphatic heterocycles. The van der Waals surface area contributed by atoms with Crippen molar-refractivity contribution in [3.05, 3.63) is 33.8 Å². The van der Waals surface area contributed by atoms with Gasteiger partial charge in [-0.3, -0.25) is 4.90 Å². The fourth-order valence-electron chi connectivity index (χ4n) is 2.42. The monoisotopic (exact) mass is 288 g/mol. The highest BCUT2D eigenvalue weighted by atomic mass is 35.5. The van der Waals surface area contributed by atoms with Crippen LogP contribution in [0, 0.1) is 0 Å². The van der Waals surface area contributed by atoms with Gasteiger partial charge in [0.15, 0.2) is 0 Å². The summed E-state index contributed by atoms with van der Waals surface area (Å²) in [6.45, 7) is 2.43. The number of halogens is 2. The Hall–Kier alpha value is -0.320. The third kappa shape index (κ3) is 2.81. The molecule has 0 radical (unpaired) electrons. The van der Waals surface area contributed by atoms with Crippen molar-refractivity contribution in [2.24, 2.45) is 0 Å². The molecule has 2 rings (SSSR count). The van der Waals surface area contributed by atoms with E-state index in [2.05, 4.69) is 17.3 Å². The topological polar surface area (TPSA) is 24.5 Å². The quantitative estimate of drug-likeness (QED) is 0.925. The number of ether oxygens (including phenoxy) is 1. The van der Waals surface area contributed by atoms with Crippen LogP contribution >= 0.6 is 23.2 Å². The van der Waals surface area contributed by atoms with Crippen LogP contribution in [0.15, 0.2) is 18.2 Å². The molecule has 1 heterocycles. The molecule has 1 aromatic rings. The van der Waals surface area contributed by atoms with Crippen molar-refractivity contribution in [2.45, 2.75) is 12.1 Å². The van der Waals surface area contributed by atoms with E-state index in [4.69, 9.17) is 27.9 Å². The molecule has 3 nitrogen and oxygen atoms in total. The van der Waals surface area contributed by atoms with Gasteiger partial charge in [-0.25, -0.2) is 0 Å². The maximum Gasteiger partial charge on any atom is 0.0896 e. The lowest BCUT2D eigenvalue weighted by molar-refractivity contribution is -0.0606. The van der Waals surface area contributed by atoms with E-state index in [0.29, 0.717) is 10.0 Å². The molecule has 0 bridgehead atoms. The Kier molecular flexibility index (Phi) is 4.87. The molecule has 100 valence electrons. The van der Waals surface area contributed by atoms with Gasteiger partial charge >= 0.3 is 0 Å². The Labute approximate surface area is 118 Å². The van der Waals surface area contributed by atoms with E-state index in [9.17, 15) is 0 Å². The van der Waals surface area contributed by atoms with E-state index in [1.54, 1.807) is 0 Å². The lowest BCUT2D eigenvalue weighted by Crippen LogP contribution is -2.47. The van der Waals surface area contributed by atoms with Gasteiger partial charge in [0.1, 0.15) is 0 Å². The second-order valence-corrected chi connectivity index (χ2v) is 5.32. The highest BCUT2D eigenvalue weighted by Crippen LogP contribution is 2.36. The molecule has 2 atom stereocenters. The maximum absolute atomic E-state index is 6.32. The van der Waals surface area contributed by atoms with Crippen molar-refractivity contribution in [3.8, 4) is 0 Å². The number of likely N-dealkylation sites (N-methyl/N-ethyl adjacent to an activating group) is 2. The molecule has 5 heteroatoms. The smallest absolute Gasteiger partial charge is 0.0896 e. The molecule has 0 amide bonds. The minimum Gasteiger partial charge on any atom is -0.374 e. The van der Waals surface area contributed by atoms with Gasteiger partial charge in [0.25, 0.3) is 0 Å². The first-order chi connectivity index (χ1) is 8.65. The predicted molar refractivity (Wildman–Crippen MR) is 75.5 cm³/mol. The third-order valence-corrected chi connectivity index (χ3v) is 4.14. The second-order valence-electron chi connectivity index (χ2n) is 4.54. The van der Waals surface area contributed by atoms with Gasteiger partial charge < -0.3 is 10.1 Å². The number of rotatable bonds is 3. The zero-order valence-electron chi connectivity index (χ0n) is 10.6. The van der Waals surface area contributed by atoms with Crippen molar-refractivity contribution in [1.29, 1.82) is 0 Å². The molecule has 2 unspecified atom stereocenters. The normalized spacial score (nSPS) is 25.3. The summed E-state index contributed by atoms with van der Waals surface area (Å²) in [5.74, 6) is 0. The molecule has 1 fully saturated rings. The average Bonchev–Trinajstić information content (AvgIpc) is 2.34. The van der Waals surface area contributed by atoms with E-state index in [0.717, 1.165) is 25.3 Å². The van der Waals surface area contributed by atoms with Gasteiger partial charge in [-0.1, -0.05) is 35.3 Å². The zero-order valence-corrected chi connectivity index (χ0v) is 12.1. The van der Waals surface area contributed by atoms with Gasteiger partial charge in [-0.2, -0.15) is 0 Å². The summed E-state index contributed by atoms with van der Waals surface area (Å²) >= 11 is 12.4. The first-order valence-electron chi connectivity index (χ1n) is 6.05. The maximum atomic E-state index is 6.32. The molecule has 0 spiro atoms. The average molecular weight is 289 g/mol. The molecular weight excluding hydrogens is 271 g/mol. The molecule has 1 N–H and O–H groups in total. The highest BCUT2D eigenvalue weighted by molar-refractivity contribution is 6.42. The van der Waals surface area contributed by atoms with Gasteiger partial charge in [-0.05, 0) is 25.7 Å². The summed E-state index contributed by atoms with van der Waals surface area (Å²) in [6.07, 6.45) is 0.0877. The fourth-order valence-corrected chi connectivity index (χ4v) is 2.84. The number of benzene rings is 1. The Morgan fingerprint density at radius 3 is 2.94 bits per heavy atom. The molecule has 18 heavy (non-hydrogen) atoms. The van der Waals surface area contributed by atoms with Gasteiger partial charge in [0, 0.05) is 13.1 Å². The van der Waals surface area contributed by atoms with Gasteiger partial charge in [-0.15, -0.1) is 0 Å². The van der Waals surface area contributed by atoms with Crippen LogP contribution in [0.25, 0.3) is 0 Å². The Morgan fingerprint density at radius 1 is 1.44 bits per heavy atom. The molecule has 1 saturated heterocycles. The number of morpholine rings is 1. The number of hydrogen-bond donors (Lipinski definition) is 1. The van der Waals surface area contributed by atoms with E-state index >= 15 is 0 Å². The van der Waals surface area contributed by atoms with Crippen molar-refractivity contribution < 1.29 is 4.74 Å². The lowest BCUT2D eigenvalue weighted by atomic mass is 9.98. The van der Waals surface area contributed by atoms with Crippen LogP contribution in [-0.2, 0) is 4.74 Å². The van der Waals surface area contributed by atoms with Crippen molar-refractivity contribution in [2.75, 3.05) is 33.8 Å². The van der Waals surface area contributed by atoms with Crippen molar-refractivity contribution in [1.82, 2.24) is 10.2 Å². The number of nitrogens with one attached hydrogen (secondary N) is 1. The van der Waals surface area contributed by atoms with Crippen LogP contribution in [0.4, 0.5) is 0 Å². The molecule has 0 saturated carbocycles. The van der Waals surface area contributed by atoms with Crippen LogP contribution < -0.4 is 5.32 Å². The zero-order chi connectivity index (χ0) is 13.1. The van der Waals surface area contributed by atoms with E-state index in [1.807, 2.05) is 25.2 Å². The predicted octanol–water partition coefficient (Wildman–Crippen LogP) is 2.58. The lowest BCUT2D eigenvalue weighted by Gasteiger charge is -2.39. The van der Waals surface area contributed by atoms with Crippen LogP contribution in [0.1, 0.15) is 11.6 Å². The highest BCUT2D eigenvalue weighted by Gasteiger charge is 2.32. The molecular formula is C13H18Cl2N2O. The molecule has 1 aliphatic rings. The van der Waals surface area contributed by atoms with Gasteiger partial charge in [0.05, 0.1) is 28.8 Å². The SMILES string of the molecule is CNCC1OCCN(C)C1c1cccc(Cl)c1Cl. The minimum absolute atomic E-state index is 0.0877. The van der Waals surface area contributed by atoms with Crippen LogP contribution in [0.5, 0.6) is 0 Å². The largest absolute Gasteiger partial charge is 0.374 e. The van der Waals surface area contributed by atoms with Crippen LogP contribution in [0.2, 0.25) is 10.0 Å². The summed E-state index contributed by atoms with van der Waals surface area (Å²) in [4.78, 5) is 2.27. The molecule has 1 aromatic carbocycles. The standard InChI is InChI=1S/C13H18Cl2N2O/c1-16-8-11-13(17(2)6-7-18-11)9-4-3-5-10(14)12(9)15/h3-5,11,13,16H,6-8H2,1-2H3. The van der Waals surface area contributed by atoms with Crippen molar-refractivity contribution in [3.63, 3.8) is 0 Å². The van der Waals surface area contributed by atoms with Crippen molar-refractivity contribution >= 4 is 23.2 Å². The van der Waals surface area contributed by atoms with Gasteiger partial charge in [0.2, 0.25) is 0 Å².